The van der Waals surface area contributed by atoms with Gasteiger partial charge in [-0.15, -0.1) is 0 Å². The van der Waals surface area contributed by atoms with E-state index in [-0.39, 0.29) is 0 Å². The fraction of sp³-hybridized carbons (Fsp3) is 0.944. The minimum atomic E-state index is -0.432. The van der Waals surface area contributed by atoms with Crippen molar-refractivity contribution in [2.75, 3.05) is 7.11 Å². The van der Waals surface area contributed by atoms with E-state index in [1.165, 1.54) is 51.4 Å². The van der Waals surface area contributed by atoms with Crippen molar-refractivity contribution in [1.82, 2.24) is 0 Å². The van der Waals surface area contributed by atoms with Gasteiger partial charge >= 0.3 is 0 Å². The maximum absolute atomic E-state index is 12.5. The number of ketones is 1. The number of unbranched alkanes of at least 4 members (excludes halogenated alkanes) is 6. The molecule has 0 aromatic carbocycles. The van der Waals surface area contributed by atoms with Crippen LogP contribution in [0, 0.1) is 0 Å². The lowest BCUT2D eigenvalue weighted by Gasteiger charge is -2.29. The molecule has 0 saturated heterocycles. The molecule has 0 unspecified atom stereocenters. The lowest BCUT2D eigenvalue weighted by molar-refractivity contribution is -0.143. The van der Waals surface area contributed by atoms with E-state index in [9.17, 15) is 4.79 Å². The highest BCUT2D eigenvalue weighted by molar-refractivity contribution is 5.87. The van der Waals surface area contributed by atoms with Crippen LogP contribution in [0.1, 0.15) is 96.8 Å². The second-order valence-electron chi connectivity index (χ2n) is 6.41. The molecule has 1 rings (SSSR count). The van der Waals surface area contributed by atoms with Crippen LogP contribution < -0.4 is 0 Å². The van der Waals surface area contributed by atoms with E-state index in [0.29, 0.717) is 5.78 Å². The molecule has 0 spiro atoms. The van der Waals surface area contributed by atoms with Crippen LogP contribution in [0.3, 0.4) is 0 Å². The van der Waals surface area contributed by atoms with E-state index in [2.05, 4.69) is 6.92 Å². The summed E-state index contributed by atoms with van der Waals surface area (Å²) in [5.41, 5.74) is -0.432. The summed E-state index contributed by atoms with van der Waals surface area (Å²) < 4.78 is 5.68. The van der Waals surface area contributed by atoms with Crippen LogP contribution >= 0.6 is 0 Å². The Morgan fingerprint density at radius 2 is 1.45 bits per heavy atom. The van der Waals surface area contributed by atoms with Gasteiger partial charge in [0.15, 0.2) is 5.78 Å². The van der Waals surface area contributed by atoms with Gasteiger partial charge in [0.1, 0.15) is 5.60 Å². The predicted molar refractivity (Wildman–Crippen MR) is 85.1 cm³/mol. The van der Waals surface area contributed by atoms with Gasteiger partial charge in [-0.05, 0) is 19.3 Å². The van der Waals surface area contributed by atoms with E-state index < -0.39 is 5.60 Å². The fourth-order valence-electron chi connectivity index (χ4n) is 3.37. The Morgan fingerprint density at radius 3 is 2.00 bits per heavy atom. The summed E-state index contributed by atoms with van der Waals surface area (Å²) in [4.78, 5) is 12.5. The summed E-state index contributed by atoms with van der Waals surface area (Å²) in [5, 5.41) is 0. The van der Waals surface area contributed by atoms with Crippen molar-refractivity contribution in [2.24, 2.45) is 0 Å². The van der Waals surface area contributed by atoms with Crippen LogP contribution in [0.4, 0.5) is 0 Å². The molecular weight excluding hydrogens is 248 g/mol. The summed E-state index contributed by atoms with van der Waals surface area (Å²) in [6, 6.07) is 0. The summed E-state index contributed by atoms with van der Waals surface area (Å²) in [6.45, 7) is 2.25. The number of Topliss-reactive ketones (excluding diaryl/α,β-unsaturated/α-hetero) is 1. The third kappa shape index (κ3) is 5.95. The van der Waals surface area contributed by atoms with Crippen LogP contribution in [0.25, 0.3) is 0 Å². The molecule has 1 aliphatic carbocycles. The third-order valence-electron chi connectivity index (χ3n) is 4.82. The van der Waals surface area contributed by atoms with Gasteiger partial charge < -0.3 is 4.74 Å². The topological polar surface area (TPSA) is 26.3 Å². The molecule has 0 heterocycles. The molecule has 20 heavy (non-hydrogen) atoms. The molecule has 0 aliphatic heterocycles. The Balaban J connectivity index is 2.22. The number of hydrogen-bond acceptors (Lipinski definition) is 2. The maximum atomic E-state index is 12.5. The Bertz CT molecular complexity index is 252. The van der Waals surface area contributed by atoms with Gasteiger partial charge in [-0.1, -0.05) is 71.1 Å². The molecule has 2 heteroatoms. The molecule has 0 N–H and O–H groups in total. The normalized spacial score (nSPS) is 18.7. The first-order valence-electron chi connectivity index (χ1n) is 8.83. The van der Waals surface area contributed by atoms with Gasteiger partial charge in [-0.3, -0.25) is 4.79 Å². The molecule has 0 aromatic rings. The summed E-state index contributed by atoms with van der Waals surface area (Å²) in [7, 11) is 1.73. The number of rotatable bonds is 10. The SMILES string of the molecule is CCCCCCCCCC(=O)C1(OC)CCCCCC1. The van der Waals surface area contributed by atoms with E-state index in [4.69, 9.17) is 4.74 Å². The fourth-order valence-corrected chi connectivity index (χ4v) is 3.37. The van der Waals surface area contributed by atoms with Gasteiger partial charge in [0.05, 0.1) is 0 Å². The Kier molecular flexibility index (Phi) is 9.17. The van der Waals surface area contributed by atoms with Crippen LogP contribution in [0.15, 0.2) is 0 Å². The number of methoxy groups -OCH3 is 1. The van der Waals surface area contributed by atoms with Crippen molar-refractivity contribution in [1.29, 1.82) is 0 Å². The molecule has 0 aromatic heterocycles. The van der Waals surface area contributed by atoms with Gasteiger partial charge in [-0.25, -0.2) is 0 Å². The van der Waals surface area contributed by atoms with Crippen molar-refractivity contribution in [2.45, 2.75) is 102 Å². The molecule has 0 bridgehead atoms. The monoisotopic (exact) mass is 282 g/mol. The lowest BCUT2D eigenvalue weighted by atomic mass is 9.86. The Morgan fingerprint density at radius 1 is 0.900 bits per heavy atom. The van der Waals surface area contributed by atoms with Crippen LogP contribution in [0.5, 0.6) is 0 Å². The average molecular weight is 282 g/mol. The lowest BCUT2D eigenvalue weighted by Crippen LogP contribution is -2.40. The van der Waals surface area contributed by atoms with Crippen LogP contribution in [-0.4, -0.2) is 18.5 Å². The van der Waals surface area contributed by atoms with Crippen LogP contribution in [0.2, 0.25) is 0 Å². The van der Waals surface area contributed by atoms with E-state index in [1.807, 2.05) is 0 Å². The van der Waals surface area contributed by atoms with Crippen LogP contribution in [-0.2, 0) is 9.53 Å². The quantitative estimate of drug-likeness (QED) is 0.394. The largest absolute Gasteiger partial charge is 0.370 e. The predicted octanol–water partition coefficient (Wildman–Crippen LogP) is 5.44. The number of carbonyl (C=O) groups excluding carboxylic acids is 1. The highest BCUT2D eigenvalue weighted by Crippen LogP contribution is 2.32. The average Bonchev–Trinajstić information content (AvgIpc) is 2.72. The smallest absolute Gasteiger partial charge is 0.164 e. The maximum Gasteiger partial charge on any atom is 0.164 e. The van der Waals surface area contributed by atoms with Gasteiger partial charge in [0, 0.05) is 13.5 Å². The number of hydrogen-bond donors (Lipinski definition) is 0. The molecular formula is C18H34O2. The van der Waals surface area contributed by atoms with Crippen molar-refractivity contribution in [3.63, 3.8) is 0 Å². The van der Waals surface area contributed by atoms with E-state index >= 15 is 0 Å². The van der Waals surface area contributed by atoms with Gasteiger partial charge in [0.25, 0.3) is 0 Å². The van der Waals surface area contributed by atoms with Crippen molar-refractivity contribution < 1.29 is 9.53 Å². The van der Waals surface area contributed by atoms with Crippen molar-refractivity contribution in [3.8, 4) is 0 Å². The second-order valence-corrected chi connectivity index (χ2v) is 6.41. The first-order chi connectivity index (χ1) is 9.75. The van der Waals surface area contributed by atoms with Gasteiger partial charge in [-0.2, -0.15) is 0 Å². The van der Waals surface area contributed by atoms with Crippen molar-refractivity contribution >= 4 is 5.78 Å². The zero-order chi connectivity index (χ0) is 14.7. The molecule has 2 nitrogen and oxygen atoms in total. The molecule has 1 fully saturated rings. The van der Waals surface area contributed by atoms with E-state index in [0.717, 1.165) is 38.5 Å². The number of carbonyl (C=O) groups is 1. The zero-order valence-electron chi connectivity index (χ0n) is 13.7. The molecule has 0 atom stereocenters. The second kappa shape index (κ2) is 10.4. The molecule has 0 amide bonds. The first-order valence-corrected chi connectivity index (χ1v) is 8.83. The zero-order valence-corrected chi connectivity index (χ0v) is 13.7. The molecule has 0 radical (unpaired) electrons. The molecule has 118 valence electrons. The standard InChI is InChI=1S/C18H34O2/c1-3-4-5-6-7-8-11-14-17(19)18(20-2)15-12-9-10-13-16-18/h3-16H2,1-2H3. The third-order valence-corrected chi connectivity index (χ3v) is 4.82. The Labute approximate surface area is 125 Å². The minimum absolute atomic E-state index is 0.371. The number of ether oxygens (including phenoxy) is 1. The highest BCUT2D eigenvalue weighted by atomic mass is 16.5. The summed E-state index contributed by atoms with van der Waals surface area (Å²) in [5.74, 6) is 0.371. The summed E-state index contributed by atoms with van der Waals surface area (Å²) >= 11 is 0. The van der Waals surface area contributed by atoms with E-state index in [1.54, 1.807) is 7.11 Å². The first kappa shape index (κ1) is 17.7. The van der Waals surface area contributed by atoms with Crippen molar-refractivity contribution in [3.05, 3.63) is 0 Å². The highest BCUT2D eigenvalue weighted by Gasteiger charge is 2.37. The Hall–Kier alpha value is -0.370. The molecule has 1 aliphatic rings. The minimum Gasteiger partial charge on any atom is -0.370 e. The molecule has 1 saturated carbocycles. The van der Waals surface area contributed by atoms with Gasteiger partial charge in [0.2, 0.25) is 0 Å². The summed E-state index contributed by atoms with van der Waals surface area (Å²) in [6.07, 6.45) is 16.3.